The average molecular weight is 280 g/mol. The Morgan fingerprint density at radius 3 is 2.86 bits per heavy atom. The van der Waals surface area contributed by atoms with Gasteiger partial charge in [0.15, 0.2) is 0 Å². The van der Waals surface area contributed by atoms with Crippen LogP contribution in [0.1, 0.15) is 5.56 Å². The monoisotopic (exact) mass is 280 g/mol. The highest BCUT2D eigenvalue weighted by molar-refractivity contribution is 5.64. The molecule has 0 saturated heterocycles. The highest BCUT2D eigenvalue weighted by Crippen LogP contribution is 2.20. The molecule has 0 fully saturated rings. The fourth-order valence-corrected chi connectivity index (χ4v) is 2.05. The van der Waals surface area contributed by atoms with Gasteiger partial charge in [-0.3, -0.25) is 5.10 Å². The second kappa shape index (κ2) is 6.09. The van der Waals surface area contributed by atoms with Gasteiger partial charge in [0.2, 0.25) is 5.88 Å². The Hall–Kier alpha value is -2.82. The minimum Gasteiger partial charge on any atom is -0.481 e. The molecule has 3 aromatic rings. The fraction of sp³-hybridized carbons (Fsp3) is 0.125. The van der Waals surface area contributed by atoms with Crippen LogP contribution in [0.3, 0.4) is 0 Å². The van der Waals surface area contributed by atoms with Crippen molar-refractivity contribution in [1.29, 1.82) is 0 Å². The SMILES string of the molecule is COc1ccc(CNc2cccc(-c3ccn[nH]3)c2)cn1. The summed E-state index contributed by atoms with van der Waals surface area (Å²) in [6.07, 6.45) is 3.56. The summed E-state index contributed by atoms with van der Waals surface area (Å²) >= 11 is 0. The number of rotatable bonds is 5. The second-order valence-electron chi connectivity index (χ2n) is 4.61. The summed E-state index contributed by atoms with van der Waals surface area (Å²) in [5.74, 6) is 0.625. The number of aromatic nitrogens is 3. The number of hydrogen-bond donors (Lipinski definition) is 2. The minimum absolute atomic E-state index is 0.625. The number of nitrogens with one attached hydrogen (secondary N) is 2. The van der Waals surface area contributed by atoms with Crippen LogP contribution in [0.5, 0.6) is 5.88 Å². The molecule has 1 aromatic carbocycles. The molecule has 21 heavy (non-hydrogen) atoms. The van der Waals surface area contributed by atoms with Gasteiger partial charge in [-0.05, 0) is 23.8 Å². The van der Waals surface area contributed by atoms with Crippen LogP contribution >= 0.6 is 0 Å². The molecule has 0 saturated carbocycles. The average Bonchev–Trinajstić information content (AvgIpc) is 3.08. The van der Waals surface area contributed by atoms with Gasteiger partial charge < -0.3 is 10.1 Å². The third-order valence-corrected chi connectivity index (χ3v) is 3.18. The number of ether oxygens (including phenoxy) is 1. The normalized spacial score (nSPS) is 10.3. The molecule has 0 radical (unpaired) electrons. The fourth-order valence-electron chi connectivity index (χ4n) is 2.05. The van der Waals surface area contributed by atoms with Crippen molar-refractivity contribution in [2.24, 2.45) is 0 Å². The van der Waals surface area contributed by atoms with Gasteiger partial charge in [-0.2, -0.15) is 5.10 Å². The number of hydrogen-bond acceptors (Lipinski definition) is 4. The van der Waals surface area contributed by atoms with E-state index in [4.69, 9.17) is 4.74 Å². The van der Waals surface area contributed by atoms with Crippen molar-refractivity contribution in [3.8, 4) is 17.1 Å². The zero-order valence-electron chi connectivity index (χ0n) is 11.7. The third-order valence-electron chi connectivity index (χ3n) is 3.18. The first kappa shape index (κ1) is 13.2. The summed E-state index contributed by atoms with van der Waals surface area (Å²) in [5, 5.41) is 10.3. The lowest BCUT2D eigenvalue weighted by molar-refractivity contribution is 0.397. The van der Waals surface area contributed by atoms with Crippen LogP contribution in [-0.2, 0) is 6.54 Å². The van der Waals surface area contributed by atoms with E-state index < -0.39 is 0 Å². The molecule has 2 aromatic heterocycles. The molecule has 0 bridgehead atoms. The molecule has 5 heteroatoms. The van der Waals surface area contributed by atoms with E-state index in [9.17, 15) is 0 Å². The van der Waals surface area contributed by atoms with Crippen molar-refractivity contribution < 1.29 is 4.74 Å². The summed E-state index contributed by atoms with van der Waals surface area (Å²) in [6.45, 7) is 0.712. The highest BCUT2D eigenvalue weighted by atomic mass is 16.5. The lowest BCUT2D eigenvalue weighted by atomic mass is 10.1. The molecule has 0 aliphatic carbocycles. The molecule has 5 nitrogen and oxygen atoms in total. The first-order valence-electron chi connectivity index (χ1n) is 6.68. The number of methoxy groups -OCH3 is 1. The standard InChI is InChI=1S/C16H16N4O/c1-21-16-6-5-12(11-18-16)10-17-14-4-2-3-13(9-14)15-7-8-19-20-15/h2-9,11,17H,10H2,1H3,(H,19,20). The molecule has 2 heterocycles. The molecule has 3 rings (SSSR count). The second-order valence-corrected chi connectivity index (χ2v) is 4.61. The smallest absolute Gasteiger partial charge is 0.212 e. The van der Waals surface area contributed by atoms with Gasteiger partial charge in [0.05, 0.1) is 12.8 Å². The van der Waals surface area contributed by atoms with Crippen LogP contribution in [0.15, 0.2) is 54.9 Å². The number of pyridine rings is 1. The van der Waals surface area contributed by atoms with Crippen molar-refractivity contribution in [2.75, 3.05) is 12.4 Å². The summed E-state index contributed by atoms with van der Waals surface area (Å²) < 4.78 is 5.05. The molecular weight excluding hydrogens is 264 g/mol. The molecule has 0 spiro atoms. The van der Waals surface area contributed by atoms with Gasteiger partial charge in [-0.1, -0.05) is 18.2 Å². The topological polar surface area (TPSA) is 62.8 Å². The quantitative estimate of drug-likeness (QED) is 0.754. The molecule has 0 aliphatic rings. The van der Waals surface area contributed by atoms with E-state index in [1.54, 1.807) is 13.3 Å². The Kier molecular flexibility index (Phi) is 3.82. The summed E-state index contributed by atoms with van der Waals surface area (Å²) in [6, 6.07) is 14.0. The lowest BCUT2D eigenvalue weighted by Gasteiger charge is -2.08. The van der Waals surface area contributed by atoms with Crippen molar-refractivity contribution in [3.63, 3.8) is 0 Å². The van der Waals surface area contributed by atoms with Gasteiger partial charge in [0.1, 0.15) is 0 Å². The van der Waals surface area contributed by atoms with Crippen molar-refractivity contribution >= 4 is 5.69 Å². The van der Waals surface area contributed by atoms with Gasteiger partial charge in [-0.15, -0.1) is 0 Å². The van der Waals surface area contributed by atoms with E-state index in [0.717, 1.165) is 22.5 Å². The molecular formula is C16H16N4O. The Balaban J connectivity index is 1.68. The van der Waals surface area contributed by atoms with E-state index in [1.807, 2.05) is 42.6 Å². The lowest BCUT2D eigenvalue weighted by Crippen LogP contribution is -2.00. The minimum atomic E-state index is 0.625. The number of nitrogens with zero attached hydrogens (tertiary/aromatic N) is 2. The van der Waals surface area contributed by atoms with Gasteiger partial charge in [0.25, 0.3) is 0 Å². The summed E-state index contributed by atoms with van der Waals surface area (Å²) in [7, 11) is 1.61. The molecule has 0 unspecified atom stereocenters. The molecule has 0 atom stereocenters. The van der Waals surface area contributed by atoms with E-state index in [2.05, 4.69) is 26.6 Å². The summed E-state index contributed by atoms with van der Waals surface area (Å²) in [4.78, 5) is 4.19. The van der Waals surface area contributed by atoms with Crippen LogP contribution in [0.4, 0.5) is 5.69 Å². The number of H-pyrrole nitrogens is 1. The highest BCUT2D eigenvalue weighted by Gasteiger charge is 2.01. The Bertz CT molecular complexity index is 693. The van der Waals surface area contributed by atoms with Crippen LogP contribution in [-0.4, -0.2) is 22.3 Å². The molecule has 0 aliphatic heterocycles. The first-order valence-corrected chi connectivity index (χ1v) is 6.68. The molecule has 2 N–H and O–H groups in total. The van der Waals surface area contributed by atoms with E-state index in [1.165, 1.54) is 0 Å². The maximum atomic E-state index is 5.05. The molecule has 0 amide bonds. The van der Waals surface area contributed by atoms with Crippen LogP contribution in [0.2, 0.25) is 0 Å². The van der Waals surface area contributed by atoms with E-state index in [0.29, 0.717) is 12.4 Å². The number of anilines is 1. The number of aromatic amines is 1. The predicted octanol–water partition coefficient (Wildman–Crippen LogP) is 3.09. The van der Waals surface area contributed by atoms with Gasteiger partial charge >= 0.3 is 0 Å². The van der Waals surface area contributed by atoms with Crippen molar-refractivity contribution in [1.82, 2.24) is 15.2 Å². The van der Waals surface area contributed by atoms with E-state index in [-0.39, 0.29) is 0 Å². The van der Waals surface area contributed by atoms with Crippen LogP contribution in [0, 0.1) is 0 Å². The van der Waals surface area contributed by atoms with Gasteiger partial charge in [-0.25, -0.2) is 4.98 Å². The largest absolute Gasteiger partial charge is 0.481 e. The Labute approximate surface area is 123 Å². The van der Waals surface area contributed by atoms with E-state index >= 15 is 0 Å². The zero-order chi connectivity index (χ0) is 14.5. The maximum Gasteiger partial charge on any atom is 0.212 e. The first-order chi connectivity index (χ1) is 10.3. The molecule has 106 valence electrons. The summed E-state index contributed by atoms with van der Waals surface area (Å²) in [5.41, 5.74) is 4.26. The number of benzene rings is 1. The Morgan fingerprint density at radius 2 is 2.14 bits per heavy atom. The van der Waals surface area contributed by atoms with Crippen molar-refractivity contribution in [3.05, 3.63) is 60.4 Å². The van der Waals surface area contributed by atoms with Crippen LogP contribution in [0.25, 0.3) is 11.3 Å². The maximum absolute atomic E-state index is 5.05. The van der Waals surface area contributed by atoms with Gasteiger partial charge in [0, 0.05) is 36.3 Å². The predicted molar refractivity (Wildman–Crippen MR) is 82.1 cm³/mol. The van der Waals surface area contributed by atoms with Crippen LogP contribution < -0.4 is 10.1 Å². The zero-order valence-corrected chi connectivity index (χ0v) is 11.7. The Morgan fingerprint density at radius 1 is 1.19 bits per heavy atom. The van der Waals surface area contributed by atoms with Crippen molar-refractivity contribution in [2.45, 2.75) is 6.54 Å². The third kappa shape index (κ3) is 3.20.